The van der Waals surface area contributed by atoms with Gasteiger partial charge in [-0.3, -0.25) is 19.4 Å². The van der Waals surface area contributed by atoms with Crippen molar-refractivity contribution in [3.8, 4) is 28.1 Å². The lowest BCUT2D eigenvalue weighted by molar-refractivity contribution is -0.134. The Labute approximate surface area is 306 Å². The summed E-state index contributed by atoms with van der Waals surface area (Å²) in [5.74, 6) is 0.709. The van der Waals surface area contributed by atoms with E-state index in [1.165, 1.54) is 0 Å². The third-order valence-corrected chi connectivity index (χ3v) is 10.7. The van der Waals surface area contributed by atoms with E-state index in [0.717, 1.165) is 48.3 Å². The summed E-state index contributed by atoms with van der Waals surface area (Å²) in [6, 6.07) is 13.0. The van der Waals surface area contributed by atoms with Crippen molar-refractivity contribution in [3.05, 3.63) is 81.5 Å². The van der Waals surface area contributed by atoms with E-state index in [-0.39, 0.29) is 29.7 Å². The average molecular weight is 732 g/mol. The number of carbonyl (C=O) groups excluding carboxylic acids is 3. The predicted molar refractivity (Wildman–Crippen MR) is 196 cm³/mol. The number of ether oxygens (including phenoxy) is 1. The molecule has 3 aliphatic rings. The van der Waals surface area contributed by atoms with Gasteiger partial charge in [0, 0.05) is 79.7 Å². The van der Waals surface area contributed by atoms with E-state index >= 15 is 0 Å². The van der Waals surface area contributed by atoms with Crippen LogP contribution in [0.1, 0.15) is 53.3 Å². The summed E-state index contributed by atoms with van der Waals surface area (Å²) >= 11 is 14.0. The molecule has 3 amide bonds. The Morgan fingerprint density at radius 2 is 1.92 bits per heavy atom. The zero-order valence-corrected chi connectivity index (χ0v) is 30.0. The summed E-state index contributed by atoms with van der Waals surface area (Å²) < 4.78 is 7.51. The van der Waals surface area contributed by atoms with Gasteiger partial charge in [-0.1, -0.05) is 47.5 Å². The number of anilines is 1. The van der Waals surface area contributed by atoms with Crippen LogP contribution in [-0.4, -0.2) is 76.0 Å². The number of methoxy groups -OCH3 is 1. The van der Waals surface area contributed by atoms with Gasteiger partial charge in [0.2, 0.25) is 11.8 Å². The molecule has 2 aromatic carbocycles. The molecule has 0 radical (unpaired) electrons. The standard InChI is InChI=1S/C37H40Cl2N8O4/c1-46-29-13-16-47(37(50)27-7-4-14-41-27)20-28(29)44-35(46)36(49)45-26-6-3-5-24(32(26)38)25-12-15-42-34(33(25)39)21-8-9-22(30(17-21)51-2)18-40-19-23-10-11-31(48)43-23/h3,5-6,8-9,12,15,17,23,27,40-41H,4,7,10-11,13-14,16,18-20H2,1-2H3,(H,43,48)(H,45,49). The number of nitrogens with one attached hydrogen (secondary N) is 4. The molecule has 2 fully saturated rings. The molecular formula is C37H40Cl2N8O4. The number of benzene rings is 2. The van der Waals surface area contributed by atoms with Crippen molar-refractivity contribution >= 4 is 46.6 Å². The fraction of sp³-hybridized carbons (Fsp3) is 0.378. The maximum absolute atomic E-state index is 13.6. The number of pyridine rings is 1. The predicted octanol–water partition coefficient (Wildman–Crippen LogP) is 4.72. The lowest BCUT2D eigenvalue weighted by Crippen LogP contribution is -2.45. The van der Waals surface area contributed by atoms with Crippen molar-refractivity contribution < 1.29 is 19.1 Å². The Morgan fingerprint density at radius 3 is 2.69 bits per heavy atom. The number of nitrogens with zero attached hydrogens (tertiary/aromatic N) is 4. The second-order valence-corrected chi connectivity index (χ2v) is 13.9. The summed E-state index contributed by atoms with van der Waals surface area (Å²) in [6.07, 6.45) is 5.52. The molecule has 0 spiro atoms. The minimum atomic E-state index is -0.405. The molecule has 4 N–H and O–H groups in total. The van der Waals surface area contributed by atoms with Crippen molar-refractivity contribution in [2.45, 2.75) is 57.3 Å². The molecule has 0 aliphatic carbocycles. The van der Waals surface area contributed by atoms with Gasteiger partial charge in [0.1, 0.15) is 5.75 Å². The highest BCUT2D eigenvalue weighted by molar-refractivity contribution is 6.39. The molecule has 2 unspecified atom stereocenters. The van der Waals surface area contributed by atoms with Gasteiger partial charge in [0.15, 0.2) is 5.82 Å². The summed E-state index contributed by atoms with van der Waals surface area (Å²) in [6.45, 7) is 3.06. The fourth-order valence-electron chi connectivity index (χ4n) is 7.15. The molecule has 4 aromatic rings. The molecule has 2 atom stereocenters. The minimum Gasteiger partial charge on any atom is -0.496 e. The van der Waals surface area contributed by atoms with E-state index in [0.29, 0.717) is 77.3 Å². The number of rotatable bonds is 10. The first kappa shape index (κ1) is 34.9. The van der Waals surface area contributed by atoms with E-state index in [2.05, 4.69) is 31.2 Å². The third-order valence-electron chi connectivity index (χ3n) is 9.91. The fourth-order valence-corrected chi connectivity index (χ4v) is 7.75. The normalized spacial score (nSPS) is 18.4. The van der Waals surface area contributed by atoms with Gasteiger partial charge >= 0.3 is 0 Å². The van der Waals surface area contributed by atoms with Crippen LogP contribution in [0.25, 0.3) is 22.4 Å². The number of hydrogen-bond donors (Lipinski definition) is 4. The SMILES string of the molecule is COc1cc(-c2nccc(-c3cccc(NC(=O)c4nc5c(n4C)CCN(C(=O)C4CCCN4)C5)c3Cl)c2Cl)ccc1CNCC1CCC(=O)N1. The summed E-state index contributed by atoms with van der Waals surface area (Å²) in [5.41, 5.74) is 5.66. The monoisotopic (exact) mass is 730 g/mol. The highest BCUT2D eigenvalue weighted by atomic mass is 35.5. The number of aromatic nitrogens is 3. The van der Waals surface area contributed by atoms with Gasteiger partial charge < -0.3 is 35.5 Å². The zero-order chi connectivity index (χ0) is 35.6. The Balaban J connectivity index is 1.07. The number of carbonyl (C=O) groups is 3. The number of amides is 3. The maximum Gasteiger partial charge on any atom is 0.291 e. The van der Waals surface area contributed by atoms with E-state index < -0.39 is 5.91 Å². The summed E-state index contributed by atoms with van der Waals surface area (Å²) in [4.78, 5) is 49.2. The Hall–Kier alpha value is -4.49. The van der Waals surface area contributed by atoms with Crippen molar-refractivity contribution in [2.75, 3.05) is 32.1 Å². The van der Waals surface area contributed by atoms with Gasteiger partial charge in [-0.25, -0.2) is 4.98 Å². The molecule has 7 rings (SSSR count). The molecule has 5 heterocycles. The molecule has 3 aliphatic heterocycles. The van der Waals surface area contributed by atoms with Gasteiger partial charge in [0.05, 0.1) is 46.8 Å². The molecule has 12 nitrogen and oxygen atoms in total. The van der Waals surface area contributed by atoms with Crippen LogP contribution >= 0.6 is 23.2 Å². The van der Waals surface area contributed by atoms with Crippen molar-refractivity contribution in [1.82, 2.24) is 35.4 Å². The highest BCUT2D eigenvalue weighted by Gasteiger charge is 2.32. The first-order valence-corrected chi connectivity index (χ1v) is 18.0. The van der Waals surface area contributed by atoms with Crippen LogP contribution < -0.4 is 26.0 Å². The van der Waals surface area contributed by atoms with Crippen LogP contribution in [0.3, 0.4) is 0 Å². The second-order valence-electron chi connectivity index (χ2n) is 13.1. The summed E-state index contributed by atoms with van der Waals surface area (Å²) in [7, 11) is 3.44. The van der Waals surface area contributed by atoms with E-state index in [1.807, 2.05) is 36.2 Å². The van der Waals surface area contributed by atoms with E-state index in [4.69, 9.17) is 27.9 Å². The van der Waals surface area contributed by atoms with Crippen molar-refractivity contribution in [2.24, 2.45) is 7.05 Å². The second kappa shape index (κ2) is 15.0. The van der Waals surface area contributed by atoms with Crippen LogP contribution in [0.5, 0.6) is 5.75 Å². The van der Waals surface area contributed by atoms with Gasteiger partial charge in [-0.05, 0) is 44.0 Å². The van der Waals surface area contributed by atoms with Crippen molar-refractivity contribution in [1.29, 1.82) is 0 Å². The largest absolute Gasteiger partial charge is 0.496 e. The van der Waals surface area contributed by atoms with Crippen LogP contribution in [0, 0.1) is 0 Å². The van der Waals surface area contributed by atoms with E-state index in [9.17, 15) is 14.4 Å². The quantitative estimate of drug-likeness (QED) is 0.184. The van der Waals surface area contributed by atoms with Gasteiger partial charge in [-0.2, -0.15) is 0 Å². The number of imidazole rings is 1. The lowest BCUT2D eigenvalue weighted by Gasteiger charge is -2.29. The van der Waals surface area contributed by atoms with Crippen LogP contribution in [0.15, 0.2) is 48.7 Å². The van der Waals surface area contributed by atoms with Gasteiger partial charge in [0.25, 0.3) is 5.91 Å². The Kier molecular flexibility index (Phi) is 10.3. The van der Waals surface area contributed by atoms with Crippen LogP contribution in [0.2, 0.25) is 10.0 Å². The van der Waals surface area contributed by atoms with Crippen LogP contribution in [0.4, 0.5) is 5.69 Å². The van der Waals surface area contributed by atoms with Gasteiger partial charge in [-0.15, -0.1) is 0 Å². The number of fused-ring (bicyclic) bond motifs is 1. The minimum absolute atomic E-state index is 0.0907. The number of halogens is 2. The zero-order valence-electron chi connectivity index (χ0n) is 28.5. The smallest absolute Gasteiger partial charge is 0.291 e. The molecule has 266 valence electrons. The first-order valence-electron chi connectivity index (χ1n) is 17.2. The molecule has 0 bridgehead atoms. The Bertz CT molecular complexity index is 1990. The topological polar surface area (TPSA) is 143 Å². The molecule has 51 heavy (non-hydrogen) atoms. The maximum atomic E-state index is 13.6. The average Bonchev–Trinajstić information content (AvgIpc) is 3.90. The molecule has 2 saturated heterocycles. The first-order chi connectivity index (χ1) is 24.7. The molecule has 14 heteroatoms. The summed E-state index contributed by atoms with van der Waals surface area (Å²) in [5, 5.41) is 13.3. The lowest BCUT2D eigenvalue weighted by atomic mass is 10.0. The number of hydrogen-bond acceptors (Lipinski definition) is 8. The van der Waals surface area contributed by atoms with Crippen molar-refractivity contribution in [3.63, 3.8) is 0 Å². The molecular weight excluding hydrogens is 691 g/mol. The van der Waals surface area contributed by atoms with Crippen LogP contribution in [-0.2, 0) is 36.1 Å². The molecule has 2 aromatic heterocycles. The van der Waals surface area contributed by atoms with E-state index in [1.54, 1.807) is 36.1 Å². The third kappa shape index (κ3) is 7.18. The Morgan fingerprint density at radius 1 is 1.08 bits per heavy atom. The molecule has 0 saturated carbocycles. The highest BCUT2D eigenvalue weighted by Crippen LogP contribution is 2.41.